The summed E-state index contributed by atoms with van der Waals surface area (Å²) < 4.78 is 2.16. The van der Waals surface area contributed by atoms with Crippen molar-refractivity contribution in [3.05, 3.63) is 24.0 Å². The first kappa shape index (κ1) is 11.9. The molecule has 90 valence electrons. The van der Waals surface area contributed by atoms with Crippen molar-refractivity contribution in [2.75, 3.05) is 5.88 Å². The minimum atomic E-state index is 0.237. The Bertz CT molecular complexity index is 571. The van der Waals surface area contributed by atoms with E-state index in [4.69, 9.17) is 17.3 Å². The van der Waals surface area contributed by atoms with Crippen LogP contribution in [0.2, 0.25) is 0 Å². The van der Waals surface area contributed by atoms with E-state index >= 15 is 0 Å². The predicted octanol–water partition coefficient (Wildman–Crippen LogP) is 2.59. The molecule has 0 fully saturated rings. The van der Waals surface area contributed by atoms with E-state index in [0.29, 0.717) is 5.84 Å². The summed E-state index contributed by atoms with van der Waals surface area (Å²) in [5.74, 6) is 1.66. The van der Waals surface area contributed by atoms with E-state index < -0.39 is 0 Å². The van der Waals surface area contributed by atoms with Gasteiger partial charge in [-0.15, -0.1) is 11.6 Å². The van der Waals surface area contributed by atoms with Gasteiger partial charge in [-0.3, -0.25) is 0 Å². The van der Waals surface area contributed by atoms with Crippen LogP contribution in [0.25, 0.3) is 11.0 Å². The van der Waals surface area contributed by atoms with Crippen LogP contribution in [0.4, 0.5) is 5.69 Å². The number of aromatic nitrogens is 2. The van der Waals surface area contributed by atoms with E-state index in [9.17, 15) is 0 Å². The quantitative estimate of drug-likeness (QED) is 0.517. The number of amidine groups is 1. The molecule has 0 saturated carbocycles. The number of benzene rings is 1. The predicted molar refractivity (Wildman–Crippen MR) is 72.1 cm³/mol. The summed E-state index contributed by atoms with van der Waals surface area (Å²) in [6, 6.07) is 5.86. The first-order valence-corrected chi connectivity index (χ1v) is 6.05. The van der Waals surface area contributed by atoms with Crippen LogP contribution in [0, 0.1) is 6.92 Å². The Balaban J connectivity index is 2.52. The molecule has 0 atom stereocenters. The van der Waals surface area contributed by atoms with E-state index in [0.717, 1.165) is 29.1 Å². The van der Waals surface area contributed by atoms with Crippen LogP contribution in [-0.4, -0.2) is 21.3 Å². The van der Waals surface area contributed by atoms with Gasteiger partial charge >= 0.3 is 0 Å². The van der Waals surface area contributed by atoms with Gasteiger partial charge in [0.15, 0.2) is 0 Å². The number of aryl methyl sites for hydroxylation is 2. The van der Waals surface area contributed by atoms with Crippen molar-refractivity contribution in [3.8, 4) is 0 Å². The van der Waals surface area contributed by atoms with Crippen LogP contribution in [-0.2, 0) is 6.54 Å². The highest BCUT2D eigenvalue weighted by Gasteiger charge is 2.06. The average Bonchev–Trinajstić information content (AvgIpc) is 2.63. The molecule has 1 heterocycles. The van der Waals surface area contributed by atoms with E-state index in [1.807, 2.05) is 25.1 Å². The van der Waals surface area contributed by atoms with Gasteiger partial charge in [0.1, 0.15) is 11.7 Å². The van der Waals surface area contributed by atoms with Gasteiger partial charge in [0.25, 0.3) is 0 Å². The fraction of sp³-hybridized carbons (Fsp3) is 0.333. The second-order valence-corrected chi connectivity index (χ2v) is 4.08. The zero-order valence-electron chi connectivity index (χ0n) is 9.94. The van der Waals surface area contributed by atoms with Crippen LogP contribution in [0.1, 0.15) is 12.7 Å². The largest absolute Gasteiger partial charge is 0.386 e. The number of nitrogens with two attached hydrogens (primary N) is 1. The smallest absolute Gasteiger partial charge is 0.115 e. The lowest BCUT2D eigenvalue weighted by Gasteiger charge is -2.01. The van der Waals surface area contributed by atoms with Crippen molar-refractivity contribution in [1.29, 1.82) is 0 Å². The summed E-state index contributed by atoms with van der Waals surface area (Å²) in [5, 5.41) is 0. The van der Waals surface area contributed by atoms with Gasteiger partial charge < -0.3 is 10.3 Å². The molecule has 0 amide bonds. The molecule has 2 aromatic rings. The molecule has 1 aromatic carbocycles. The molecular formula is C12H15ClN4. The van der Waals surface area contributed by atoms with Crippen molar-refractivity contribution in [3.63, 3.8) is 0 Å². The molecule has 0 aliphatic rings. The highest BCUT2D eigenvalue weighted by Crippen LogP contribution is 2.22. The van der Waals surface area contributed by atoms with Crippen molar-refractivity contribution >= 4 is 34.2 Å². The Morgan fingerprint density at radius 2 is 2.29 bits per heavy atom. The first-order chi connectivity index (χ1) is 8.15. The third kappa shape index (κ3) is 2.26. The number of hydrogen-bond acceptors (Lipinski definition) is 2. The molecule has 5 heteroatoms. The first-order valence-electron chi connectivity index (χ1n) is 5.51. The number of fused-ring (bicyclic) bond motifs is 1. The number of hydrogen-bond donors (Lipinski definition) is 1. The summed E-state index contributed by atoms with van der Waals surface area (Å²) in [7, 11) is 0. The average molecular weight is 251 g/mol. The number of aliphatic imine (C=N–C) groups is 1. The maximum Gasteiger partial charge on any atom is 0.115 e. The Morgan fingerprint density at radius 3 is 2.94 bits per heavy atom. The molecule has 0 radical (unpaired) electrons. The lowest BCUT2D eigenvalue weighted by molar-refractivity contribution is 0.753. The minimum absolute atomic E-state index is 0.237. The third-order valence-corrected chi connectivity index (χ3v) is 2.92. The lowest BCUT2D eigenvalue weighted by Crippen LogP contribution is -2.12. The standard InChI is InChI=1S/C12H15ClN4/c1-3-17-8(2)15-10-6-9(4-5-11(10)17)16-12(14)7-13/h4-6H,3,7H2,1-2H3,(H2,14,16). The van der Waals surface area contributed by atoms with Crippen molar-refractivity contribution in [2.45, 2.75) is 20.4 Å². The van der Waals surface area contributed by atoms with Gasteiger partial charge in [-0.2, -0.15) is 0 Å². The van der Waals surface area contributed by atoms with Crippen molar-refractivity contribution < 1.29 is 0 Å². The minimum Gasteiger partial charge on any atom is -0.386 e. The normalized spacial score (nSPS) is 12.3. The van der Waals surface area contributed by atoms with E-state index in [1.165, 1.54) is 0 Å². The molecule has 0 bridgehead atoms. The van der Waals surface area contributed by atoms with E-state index in [1.54, 1.807) is 0 Å². The number of nitrogens with zero attached hydrogens (tertiary/aromatic N) is 3. The molecular weight excluding hydrogens is 236 g/mol. The van der Waals surface area contributed by atoms with Gasteiger partial charge in [0.05, 0.1) is 22.6 Å². The molecule has 2 rings (SSSR count). The molecule has 17 heavy (non-hydrogen) atoms. The van der Waals surface area contributed by atoms with Gasteiger partial charge in [0, 0.05) is 6.54 Å². The van der Waals surface area contributed by atoms with Crippen molar-refractivity contribution in [2.24, 2.45) is 10.7 Å². The molecule has 0 saturated heterocycles. The fourth-order valence-electron chi connectivity index (χ4n) is 1.90. The fourth-order valence-corrected chi connectivity index (χ4v) is 1.96. The Morgan fingerprint density at radius 1 is 1.53 bits per heavy atom. The summed E-state index contributed by atoms with van der Waals surface area (Å²) in [6.07, 6.45) is 0. The SMILES string of the molecule is CCn1c(C)nc2cc(N=C(N)CCl)ccc21. The summed E-state index contributed by atoms with van der Waals surface area (Å²) in [5.41, 5.74) is 8.45. The highest BCUT2D eigenvalue weighted by molar-refractivity contribution is 6.28. The molecule has 2 N–H and O–H groups in total. The molecule has 4 nitrogen and oxygen atoms in total. The van der Waals surface area contributed by atoms with Crippen LogP contribution in [0.3, 0.4) is 0 Å². The second-order valence-electron chi connectivity index (χ2n) is 3.81. The molecule has 0 aliphatic heterocycles. The van der Waals surface area contributed by atoms with Crippen LogP contribution >= 0.6 is 11.6 Å². The molecule has 0 unspecified atom stereocenters. The number of halogens is 1. The second kappa shape index (κ2) is 4.75. The summed E-state index contributed by atoms with van der Waals surface area (Å²) in [4.78, 5) is 8.70. The Labute approximate surface area is 105 Å². The highest BCUT2D eigenvalue weighted by atomic mass is 35.5. The number of rotatable bonds is 3. The van der Waals surface area contributed by atoms with Gasteiger partial charge in [-0.25, -0.2) is 9.98 Å². The maximum absolute atomic E-state index is 5.60. The van der Waals surface area contributed by atoms with E-state index in [-0.39, 0.29) is 5.88 Å². The topological polar surface area (TPSA) is 56.2 Å². The van der Waals surface area contributed by atoms with Crippen LogP contribution in [0.15, 0.2) is 23.2 Å². The van der Waals surface area contributed by atoms with Gasteiger partial charge in [0.2, 0.25) is 0 Å². The van der Waals surface area contributed by atoms with Gasteiger partial charge in [-0.1, -0.05) is 0 Å². The summed E-state index contributed by atoms with van der Waals surface area (Å²) in [6.45, 7) is 5.01. The number of alkyl halides is 1. The maximum atomic E-state index is 5.60. The Kier molecular flexibility index (Phi) is 3.33. The molecule has 0 spiro atoms. The van der Waals surface area contributed by atoms with Crippen LogP contribution < -0.4 is 5.73 Å². The van der Waals surface area contributed by atoms with E-state index in [2.05, 4.69) is 21.5 Å². The van der Waals surface area contributed by atoms with Gasteiger partial charge in [-0.05, 0) is 32.0 Å². The lowest BCUT2D eigenvalue weighted by atomic mass is 10.3. The zero-order valence-corrected chi connectivity index (χ0v) is 10.7. The zero-order chi connectivity index (χ0) is 12.4. The molecule has 1 aromatic heterocycles. The monoisotopic (exact) mass is 250 g/mol. The van der Waals surface area contributed by atoms with Crippen molar-refractivity contribution in [1.82, 2.24) is 9.55 Å². The molecule has 0 aliphatic carbocycles. The van der Waals surface area contributed by atoms with Crippen LogP contribution in [0.5, 0.6) is 0 Å². The Hall–Kier alpha value is -1.55. The number of imidazole rings is 1. The third-order valence-electron chi connectivity index (χ3n) is 2.65. The summed E-state index contributed by atoms with van der Waals surface area (Å²) >= 11 is 5.60.